The van der Waals surface area contributed by atoms with Crippen LogP contribution in [0, 0.1) is 12.7 Å². The van der Waals surface area contributed by atoms with Crippen LogP contribution in [-0.2, 0) is 16.0 Å². The van der Waals surface area contributed by atoms with Crippen molar-refractivity contribution >= 4 is 28.8 Å². The van der Waals surface area contributed by atoms with Crippen LogP contribution in [0.2, 0.25) is 0 Å². The quantitative estimate of drug-likeness (QED) is 0.458. The van der Waals surface area contributed by atoms with Crippen molar-refractivity contribution in [3.63, 3.8) is 0 Å². The Bertz CT molecular complexity index is 1130. The van der Waals surface area contributed by atoms with Gasteiger partial charge in [0.2, 0.25) is 11.8 Å². The van der Waals surface area contributed by atoms with E-state index in [1.165, 1.54) is 22.3 Å². The lowest BCUT2D eigenvalue weighted by molar-refractivity contribution is -0.127. The number of benzene rings is 2. The van der Waals surface area contributed by atoms with Crippen LogP contribution in [0.25, 0.3) is 0 Å². The van der Waals surface area contributed by atoms with E-state index in [4.69, 9.17) is 4.74 Å². The summed E-state index contributed by atoms with van der Waals surface area (Å²) in [5.41, 5.74) is 1.47. The Hall–Kier alpha value is -3.19. The van der Waals surface area contributed by atoms with E-state index in [9.17, 15) is 14.0 Å². The van der Waals surface area contributed by atoms with Gasteiger partial charge in [0.25, 0.3) is 0 Å². The zero-order valence-electron chi connectivity index (χ0n) is 19.4. The van der Waals surface area contributed by atoms with Gasteiger partial charge in [-0.05, 0) is 66.6 Å². The molecule has 1 aliphatic rings. The summed E-state index contributed by atoms with van der Waals surface area (Å²) in [5.74, 6) is -0.307. The van der Waals surface area contributed by atoms with Gasteiger partial charge in [-0.1, -0.05) is 37.1 Å². The van der Waals surface area contributed by atoms with Gasteiger partial charge in [-0.3, -0.25) is 14.5 Å². The first-order valence-corrected chi connectivity index (χ1v) is 12.4. The number of halogens is 1. The van der Waals surface area contributed by atoms with Crippen LogP contribution in [0.15, 0.2) is 60.0 Å². The highest BCUT2D eigenvalue weighted by Crippen LogP contribution is 2.32. The van der Waals surface area contributed by atoms with Gasteiger partial charge in [0, 0.05) is 16.6 Å². The van der Waals surface area contributed by atoms with E-state index < -0.39 is 11.9 Å². The molecule has 3 aromatic rings. The number of nitrogens with one attached hydrogen (secondary N) is 1. The van der Waals surface area contributed by atoms with Crippen LogP contribution in [-0.4, -0.2) is 25.0 Å². The van der Waals surface area contributed by atoms with Crippen molar-refractivity contribution in [2.45, 2.75) is 51.1 Å². The molecule has 0 saturated heterocycles. The Morgan fingerprint density at radius 1 is 1.15 bits per heavy atom. The number of carbonyl (C=O) groups excluding carboxylic acids is 2. The van der Waals surface area contributed by atoms with Gasteiger partial charge >= 0.3 is 0 Å². The molecule has 0 spiro atoms. The van der Waals surface area contributed by atoms with E-state index in [1.807, 2.05) is 17.5 Å². The lowest BCUT2D eigenvalue weighted by Crippen LogP contribution is -2.46. The second-order valence-electron chi connectivity index (χ2n) is 8.62. The van der Waals surface area contributed by atoms with Crippen molar-refractivity contribution < 1.29 is 18.7 Å². The molecule has 1 fully saturated rings. The number of ether oxygens (including phenoxy) is 1. The molecule has 0 bridgehead atoms. The first kappa shape index (κ1) is 24.0. The maximum atomic E-state index is 14.6. The fraction of sp³-hybridized carbons (Fsp3) is 0.333. The van der Waals surface area contributed by atoms with Gasteiger partial charge in [-0.25, -0.2) is 4.39 Å². The highest BCUT2D eigenvalue weighted by Gasteiger charge is 2.34. The molecular formula is C27H29FN2O3S. The molecule has 2 aromatic carbocycles. The third-order valence-electron chi connectivity index (χ3n) is 6.25. The molecule has 1 atom stereocenters. The number of hydrogen-bond acceptors (Lipinski definition) is 4. The van der Waals surface area contributed by atoms with Crippen molar-refractivity contribution in [2.75, 3.05) is 12.0 Å². The Morgan fingerprint density at radius 2 is 1.88 bits per heavy atom. The minimum atomic E-state index is -0.943. The number of carbonyl (C=O) groups is 2. The van der Waals surface area contributed by atoms with Crippen LogP contribution in [0.5, 0.6) is 5.75 Å². The summed E-state index contributed by atoms with van der Waals surface area (Å²) in [5, 5.41) is 5.05. The van der Waals surface area contributed by atoms with Crippen LogP contribution in [0.3, 0.4) is 0 Å². The summed E-state index contributed by atoms with van der Waals surface area (Å²) in [6.07, 6.45) is 4.11. The number of methoxy groups -OCH3 is 1. The van der Waals surface area contributed by atoms with Crippen LogP contribution in [0.1, 0.15) is 47.7 Å². The van der Waals surface area contributed by atoms with E-state index in [2.05, 4.69) is 5.32 Å². The lowest BCUT2D eigenvalue weighted by Gasteiger charge is -2.32. The highest BCUT2D eigenvalue weighted by molar-refractivity contribution is 7.10. The summed E-state index contributed by atoms with van der Waals surface area (Å²) in [6, 6.07) is 14.7. The minimum absolute atomic E-state index is 0.0808. The second kappa shape index (κ2) is 10.8. The molecule has 1 aliphatic carbocycles. The van der Waals surface area contributed by atoms with Crippen LogP contribution >= 0.6 is 11.3 Å². The van der Waals surface area contributed by atoms with E-state index >= 15 is 0 Å². The number of hydrogen-bond donors (Lipinski definition) is 1. The molecule has 1 heterocycles. The van der Waals surface area contributed by atoms with Crippen molar-refractivity contribution in [2.24, 2.45) is 0 Å². The number of thiophene rings is 1. The largest absolute Gasteiger partial charge is 0.497 e. The standard InChI is InChI=1S/C27H29FN2O3S/c1-18-9-12-21(16-24(18)28)30(25(31)17-23-8-5-15-34-23)26(19-10-13-22(33-2)14-11-19)27(32)29-20-6-3-4-7-20/h5,8-16,20,26H,3-4,6-7,17H2,1-2H3,(H,29,32)/t26-/m0/s1. The molecule has 2 amide bonds. The molecule has 7 heteroatoms. The first-order valence-electron chi connectivity index (χ1n) is 11.5. The topological polar surface area (TPSA) is 58.6 Å². The van der Waals surface area contributed by atoms with Crippen molar-refractivity contribution in [1.82, 2.24) is 5.32 Å². The molecule has 4 rings (SSSR count). The molecule has 5 nitrogen and oxygen atoms in total. The number of anilines is 1. The van der Waals surface area contributed by atoms with E-state index in [-0.39, 0.29) is 24.3 Å². The Labute approximate surface area is 203 Å². The summed E-state index contributed by atoms with van der Waals surface area (Å²) in [4.78, 5) is 29.7. The minimum Gasteiger partial charge on any atom is -0.497 e. The van der Waals surface area contributed by atoms with E-state index in [0.29, 0.717) is 22.6 Å². The third kappa shape index (κ3) is 5.47. The molecule has 1 N–H and O–H groups in total. The number of rotatable bonds is 8. The summed E-state index contributed by atoms with van der Waals surface area (Å²) in [6.45, 7) is 1.67. The molecule has 0 radical (unpaired) electrons. The Morgan fingerprint density at radius 3 is 2.50 bits per heavy atom. The van der Waals surface area contributed by atoms with Gasteiger partial charge in [0.05, 0.1) is 13.5 Å². The molecule has 1 saturated carbocycles. The molecule has 178 valence electrons. The predicted molar refractivity (Wildman–Crippen MR) is 133 cm³/mol. The second-order valence-corrected chi connectivity index (χ2v) is 9.65. The fourth-order valence-corrected chi connectivity index (χ4v) is 5.07. The van der Waals surface area contributed by atoms with Gasteiger partial charge in [-0.15, -0.1) is 11.3 Å². The number of aryl methyl sites for hydroxylation is 1. The Balaban J connectivity index is 1.78. The van der Waals surface area contributed by atoms with Crippen molar-refractivity contribution in [3.8, 4) is 5.75 Å². The average Bonchev–Trinajstić information content (AvgIpc) is 3.54. The molecule has 0 aliphatic heterocycles. The van der Waals surface area contributed by atoms with Crippen molar-refractivity contribution in [3.05, 3.63) is 81.8 Å². The van der Waals surface area contributed by atoms with E-state index in [1.54, 1.807) is 50.4 Å². The molecular weight excluding hydrogens is 451 g/mol. The van der Waals surface area contributed by atoms with Crippen LogP contribution in [0.4, 0.5) is 10.1 Å². The average molecular weight is 481 g/mol. The summed E-state index contributed by atoms with van der Waals surface area (Å²) >= 11 is 1.48. The van der Waals surface area contributed by atoms with Gasteiger partial charge in [0.1, 0.15) is 17.6 Å². The van der Waals surface area contributed by atoms with Gasteiger partial charge < -0.3 is 10.1 Å². The zero-order chi connectivity index (χ0) is 24.1. The first-order chi connectivity index (χ1) is 16.5. The van der Waals surface area contributed by atoms with Crippen LogP contribution < -0.4 is 15.0 Å². The van der Waals surface area contributed by atoms with Crippen molar-refractivity contribution in [1.29, 1.82) is 0 Å². The maximum Gasteiger partial charge on any atom is 0.248 e. The SMILES string of the molecule is COc1ccc([C@@H](C(=O)NC2CCCC2)N(C(=O)Cc2cccs2)c2ccc(C)c(F)c2)cc1. The lowest BCUT2D eigenvalue weighted by atomic mass is 10.0. The normalized spacial score (nSPS) is 14.6. The third-order valence-corrected chi connectivity index (χ3v) is 7.12. The molecule has 34 heavy (non-hydrogen) atoms. The number of nitrogens with zero attached hydrogens (tertiary/aromatic N) is 1. The van der Waals surface area contributed by atoms with Gasteiger partial charge in [0.15, 0.2) is 0 Å². The van der Waals surface area contributed by atoms with Gasteiger partial charge in [-0.2, -0.15) is 0 Å². The Kier molecular flexibility index (Phi) is 7.63. The predicted octanol–water partition coefficient (Wildman–Crippen LogP) is 5.58. The fourth-order valence-electron chi connectivity index (χ4n) is 4.37. The zero-order valence-corrected chi connectivity index (χ0v) is 20.2. The smallest absolute Gasteiger partial charge is 0.248 e. The highest BCUT2D eigenvalue weighted by atomic mass is 32.1. The monoisotopic (exact) mass is 480 g/mol. The van der Waals surface area contributed by atoms with E-state index in [0.717, 1.165) is 30.6 Å². The summed E-state index contributed by atoms with van der Waals surface area (Å²) in [7, 11) is 1.57. The summed E-state index contributed by atoms with van der Waals surface area (Å²) < 4.78 is 19.9. The molecule has 0 unspecified atom stereocenters. The molecule has 1 aromatic heterocycles. The maximum absolute atomic E-state index is 14.6. The number of amides is 2.